The number of hydrogen-bond acceptors (Lipinski definition) is 8. The highest BCUT2D eigenvalue weighted by atomic mass is 16.5. The number of nitrogen functional groups attached to an aromatic ring is 1. The summed E-state index contributed by atoms with van der Waals surface area (Å²) in [6.45, 7) is 0.105. The number of carbonyl (C=O) groups is 1. The molecule has 0 aliphatic rings. The summed E-state index contributed by atoms with van der Waals surface area (Å²) in [5, 5.41) is 3.06. The fourth-order valence-electron chi connectivity index (χ4n) is 2.22. The summed E-state index contributed by atoms with van der Waals surface area (Å²) < 4.78 is 10.9. The zero-order valence-corrected chi connectivity index (χ0v) is 14.0. The van der Waals surface area contributed by atoms with Gasteiger partial charge in [0.15, 0.2) is 5.82 Å². The first-order chi connectivity index (χ1) is 12.7. The summed E-state index contributed by atoms with van der Waals surface area (Å²) in [4.78, 5) is 23.1. The molecule has 26 heavy (non-hydrogen) atoms. The normalized spacial score (nSPS) is 10.2. The van der Waals surface area contributed by atoms with E-state index in [1.807, 2.05) is 24.3 Å². The van der Waals surface area contributed by atoms with Crippen LogP contribution in [0, 0.1) is 0 Å². The lowest BCUT2D eigenvalue weighted by Crippen LogP contribution is -2.09. The van der Waals surface area contributed by atoms with E-state index < -0.39 is 0 Å². The van der Waals surface area contributed by atoms with E-state index in [-0.39, 0.29) is 18.5 Å². The van der Waals surface area contributed by atoms with Crippen molar-refractivity contribution in [2.75, 3.05) is 18.2 Å². The number of ether oxygens (including phenoxy) is 2. The molecule has 1 heterocycles. The standard InChI is InChI=1S/C18H17N5O3/c1-25-15-5-3-2-4-14(15)20-18-22-16(21-17(19)23-18)11-26-13-8-6-12(10-24)7-9-13/h2-10H,11H2,1H3,(H3,19,20,21,22,23). The molecule has 0 spiro atoms. The van der Waals surface area contributed by atoms with E-state index in [0.29, 0.717) is 28.6 Å². The van der Waals surface area contributed by atoms with Crippen molar-refractivity contribution in [3.63, 3.8) is 0 Å². The minimum atomic E-state index is 0.0762. The van der Waals surface area contributed by atoms with Gasteiger partial charge in [0, 0.05) is 5.56 Å². The van der Waals surface area contributed by atoms with Crippen molar-refractivity contribution in [3.05, 3.63) is 59.9 Å². The topological polar surface area (TPSA) is 112 Å². The lowest BCUT2D eigenvalue weighted by molar-refractivity contribution is 0.112. The summed E-state index contributed by atoms with van der Waals surface area (Å²) in [6.07, 6.45) is 0.770. The molecule has 2 aromatic carbocycles. The Morgan fingerprint density at radius 1 is 1.08 bits per heavy atom. The number of anilines is 3. The minimum Gasteiger partial charge on any atom is -0.495 e. The van der Waals surface area contributed by atoms with Crippen LogP contribution in [0.2, 0.25) is 0 Å². The lowest BCUT2D eigenvalue weighted by Gasteiger charge is -2.11. The van der Waals surface area contributed by atoms with Crippen LogP contribution in [-0.2, 0) is 6.61 Å². The summed E-state index contributed by atoms with van der Waals surface area (Å²) in [5.41, 5.74) is 7.04. The summed E-state index contributed by atoms with van der Waals surface area (Å²) in [6, 6.07) is 14.1. The van der Waals surface area contributed by atoms with E-state index in [2.05, 4.69) is 20.3 Å². The maximum Gasteiger partial charge on any atom is 0.232 e. The third-order valence-electron chi connectivity index (χ3n) is 3.44. The van der Waals surface area contributed by atoms with Gasteiger partial charge in [0.2, 0.25) is 11.9 Å². The van der Waals surface area contributed by atoms with Crippen LogP contribution in [0.25, 0.3) is 0 Å². The van der Waals surface area contributed by atoms with Gasteiger partial charge in [-0.3, -0.25) is 4.79 Å². The largest absolute Gasteiger partial charge is 0.495 e. The zero-order valence-electron chi connectivity index (χ0n) is 14.0. The number of nitrogens with zero attached hydrogens (tertiary/aromatic N) is 3. The average molecular weight is 351 g/mol. The van der Waals surface area contributed by atoms with Crippen LogP contribution in [0.5, 0.6) is 11.5 Å². The van der Waals surface area contributed by atoms with E-state index in [1.165, 1.54) is 0 Å². The van der Waals surface area contributed by atoms with Gasteiger partial charge in [-0.2, -0.15) is 15.0 Å². The van der Waals surface area contributed by atoms with Crippen molar-refractivity contribution in [1.29, 1.82) is 0 Å². The number of hydrogen-bond donors (Lipinski definition) is 2. The second kappa shape index (κ2) is 7.93. The Labute approximate surface area is 150 Å². The number of nitrogens with one attached hydrogen (secondary N) is 1. The quantitative estimate of drug-likeness (QED) is 0.625. The Morgan fingerprint density at radius 3 is 2.58 bits per heavy atom. The van der Waals surface area contributed by atoms with E-state index in [1.54, 1.807) is 31.4 Å². The fraction of sp³-hybridized carbons (Fsp3) is 0.111. The smallest absolute Gasteiger partial charge is 0.232 e. The monoisotopic (exact) mass is 351 g/mol. The summed E-state index contributed by atoms with van der Waals surface area (Å²) in [5.74, 6) is 1.98. The Hall–Kier alpha value is -3.68. The SMILES string of the molecule is COc1ccccc1Nc1nc(N)nc(COc2ccc(C=O)cc2)n1. The predicted molar refractivity (Wildman–Crippen MR) is 96.7 cm³/mol. The van der Waals surface area contributed by atoms with Gasteiger partial charge in [0.05, 0.1) is 12.8 Å². The van der Waals surface area contributed by atoms with Gasteiger partial charge in [-0.1, -0.05) is 12.1 Å². The Balaban J connectivity index is 1.73. The number of methoxy groups -OCH3 is 1. The Bertz CT molecular complexity index is 900. The number of aromatic nitrogens is 3. The second-order valence-corrected chi connectivity index (χ2v) is 5.23. The van der Waals surface area contributed by atoms with Gasteiger partial charge >= 0.3 is 0 Å². The van der Waals surface area contributed by atoms with E-state index >= 15 is 0 Å². The van der Waals surface area contributed by atoms with Gasteiger partial charge in [0.25, 0.3) is 0 Å². The molecule has 0 aliphatic heterocycles. The van der Waals surface area contributed by atoms with Gasteiger partial charge < -0.3 is 20.5 Å². The first-order valence-corrected chi connectivity index (χ1v) is 7.76. The van der Waals surface area contributed by atoms with E-state index in [4.69, 9.17) is 15.2 Å². The van der Waals surface area contributed by atoms with Gasteiger partial charge in [0.1, 0.15) is 24.4 Å². The lowest BCUT2D eigenvalue weighted by atomic mass is 10.2. The Kier molecular flexibility index (Phi) is 5.23. The van der Waals surface area contributed by atoms with Crippen molar-refractivity contribution in [3.8, 4) is 11.5 Å². The Morgan fingerprint density at radius 2 is 1.85 bits per heavy atom. The van der Waals surface area contributed by atoms with Crippen molar-refractivity contribution in [1.82, 2.24) is 15.0 Å². The maximum absolute atomic E-state index is 10.7. The van der Waals surface area contributed by atoms with Gasteiger partial charge in [-0.25, -0.2) is 0 Å². The molecule has 132 valence electrons. The molecule has 0 saturated heterocycles. The molecule has 8 heteroatoms. The molecule has 0 atom stereocenters. The molecule has 3 N–H and O–H groups in total. The average Bonchev–Trinajstić information content (AvgIpc) is 2.67. The number of carbonyl (C=O) groups excluding carboxylic acids is 1. The molecule has 8 nitrogen and oxygen atoms in total. The predicted octanol–water partition coefficient (Wildman–Crippen LogP) is 2.60. The second-order valence-electron chi connectivity index (χ2n) is 5.23. The van der Waals surface area contributed by atoms with Crippen LogP contribution in [0.1, 0.15) is 16.2 Å². The van der Waals surface area contributed by atoms with Crippen LogP contribution in [-0.4, -0.2) is 28.3 Å². The molecule has 0 radical (unpaired) electrons. The molecule has 3 rings (SSSR count). The number of aldehydes is 1. The molecule has 0 unspecified atom stereocenters. The van der Waals surface area contributed by atoms with Crippen molar-refractivity contribution in [2.45, 2.75) is 6.61 Å². The van der Waals surface area contributed by atoms with Crippen molar-refractivity contribution < 1.29 is 14.3 Å². The third-order valence-corrected chi connectivity index (χ3v) is 3.44. The van der Waals surface area contributed by atoms with Gasteiger partial charge in [-0.15, -0.1) is 0 Å². The van der Waals surface area contributed by atoms with E-state index in [0.717, 1.165) is 6.29 Å². The summed E-state index contributed by atoms with van der Waals surface area (Å²) in [7, 11) is 1.58. The highest BCUT2D eigenvalue weighted by Crippen LogP contribution is 2.25. The fourth-order valence-corrected chi connectivity index (χ4v) is 2.22. The highest BCUT2D eigenvalue weighted by molar-refractivity contribution is 5.74. The first kappa shape index (κ1) is 17.2. The van der Waals surface area contributed by atoms with Gasteiger partial charge in [-0.05, 0) is 36.4 Å². The number of benzene rings is 2. The molecule has 0 amide bonds. The molecule has 0 bridgehead atoms. The van der Waals surface area contributed by atoms with Crippen molar-refractivity contribution >= 4 is 23.9 Å². The van der Waals surface area contributed by atoms with Crippen LogP contribution in [0.3, 0.4) is 0 Å². The molecule has 3 aromatic rings. The molecule has 1 aromatic heterocycles. The molecule has 0 fully saturated rings. The number of para-hydroxylation sites is 2. The maximum atomic E-state index is 10.7. The first-order valence-electron chi connectivity index (χ1n) is 7.76. The molecular weight excluding hydrogens is 334 g/mol. The van der Waals surface area contributed by atoms with E-state index in [9.17, 15) is 4.79 Å². The highest BCUT2D eigenvalue weighted by Gasteiger charge is 2.08. The molecule has 0 saturated carbocycles. The number of rotatable bonds is 7. The van der Waals surface area contributed by atoms with Crippen LogP contribution in [0.15, 0.2) is 48.5 Å². The molecular formula is C18H17N5O3. The zero-order chi connectivity index (χ0) is 18.4. The van der Waals surface area contributed by atoms with Crippen LogP contribution >= 0.6 is 0 Å². The minimum absolute atomic E-state index is 0.0762. The van der Waals surface area contributed by atoms with Crippen LogP contribution in [0.4, 0.5) is 17.6 Å². The van der Waals surface area contributed by atoms with Crippen LogP contribution < -0.4 is 20.5 Å². The third kappa shape index (κ3) is 4.23. The van der Waals surface area contributed by atoms with Crippen molar-refractivity contribution in [2.24, 2.45) is 0 Å². The summed E-state index contributed by atoms with van der Waals surface area (Å²) >= 11 is 0. The number of nitrogens with two attached hydrogens (primary N) is 1. The molecule has 0 aliphatic carbocycles.